The molecule has 10 aromatic rings. The fourth-order valence-corrected chi connectivity index (χ4v) is 7.83. The summed E-state index contributed by atoms with van der Waals surface area (Å²) >= 11 is 0. The molecule has 0 amide bonds. The molecule has 1 heteroatoms. The van der Waals surface area contributed by atoms with Crippen LogP contribution in [0, 0.1) is 0 Å². The zero-order valence-electron chi connectivity index (χ0n) is 25.6. The molecule has 10 rings (SSSR count). The monoisotopic (exact) mass is 596 g/mol. The standard InChI is InChI=1S/C46H28O/c1-2-13-29(14-3-1)44-35-19-8-10-21-37(35)45(38-22-11-9-20-36(38)44)39-23-12-24-43-46(39)41-28-31(25-26-42(41)47-43)40-27-30-15-4-5-16-32(30)33-17-6-7-18-34(33)40/h1-28H. The average Bonchev–Trinajstić information content (AvgIpc) is 3.52. The first-order valence-corrected chi connectivity index (χ1v) is 16.2. The molecule has 0 aliphatic rings. The molecule has 0 unspecified atom stereocenters. The molecule has 0 saturated carbocycles. The van der Waals surface area contributed by atoms with Gasteiger partial charge >= 0.3 is 0 Å². The maximum atomic E-state index is 6.58. The Bertz CT molecular complexity index is 2780. The smallest absolute Gasteiger partial charge is 0.136 e. The van der Waals surface area contributed by atoms with E-state index in [1.54, 1.807) is 0 Å². The summed E-state index contributed by atoms with van der Waals surface area (Å²) in [6, 6.07) is 61.5. The first-order valence-electron chi connectivity index (χ1n) is 16.2. The van der Waals surface area contributed by atoms with E-state index in [1.807, 2.05) is 0 Å². The molecule has 0 saturated heterocycles. The largest absolute Gasteiger partial charge is 0.456 e. The summed E-state index contributed by atoms with van der Waals surface area (Å²) in [7, 11) is 0. The van der Waals surface area contributed by atoms with Crippen LogP contribution in [0.2, 0.25) is 0 Å². The lowest BCUT2D eigenvalue weighted by atomic mass is 9.85. The number of hydrogen-bond donors (Lipinski definition) is 0. The van der Waals surface area contributed by atoms with Gasteiger partial charge in [0, 0.05) is 10.8 Å². The van der Waals surface area contributed by atoms with Gasteiger partial charge < -0.3 is 4.42 Å². The van der Waals surface area contributed by atoms with Gasteiger partial charge in [0.2, 0.25) is 0 Å². The van der Waals surface area contributed by atoms with E-state index in [9.17, 15) is 0 Å². The number of fused-ring (bicyclic) bond motifs is 8. The summed E-state index contributed by atoms with van der Waals surface area (Å²) in [4.78, 5) is 0. The molecule has 0 aliphatic carbocycles. The van der Waals surface area contributed by atoms with E-state index in [1.165, 1.54) is 76.5 Å². The number of hydrogen-bond acceptors (Lipinski definition) is 1. The summed E-state index contributed by atoms with van der Waals surface area (Å²) in [6.45, 7) is 0. The van der Waals surface area contributed by atoms with Crippen molar-refractivity contribution < 1.29 is 4.42 Å². The van der Waals surface area contributed by atoms with Crippen LogP contribution in [0.5, 0.6) is 0 Å². The molecule has 0 N–H and O–H groups in total. The van der Waals surface area contributed by atoms with E-state index < -0.39 is 0 Å². The maximum absolute atomic E-state index is 6.58. The topological polar surface area (TPSA) is 13.1 Å². The fourth-order valence-electron chi connectivity index (χ4n) is 7.83. The third-order valence-electron chi connectivity index (χ3n) is 9.84. The first kappa shape index (κ1) is 26.1. The van der Waals surface area contributed by atoms with Crippen molar-refractivity contribution >= 4 is 65.0 Å². The van der Waals surface area contributed by atoms with Gasteiger partial charge in [-0.3, -0.25) is 0 Å². The Kier molecular flexibility index (Phi) is 5.64. The van der Waals surface area contributed by atoms with Crippen molar-refractivity contribution in [3.05, 3.63) is 170 Å². The Morgan fingerprint density at radius 2 is 0.894 bits per heavy atom. The van der Waals surface area contributed by atoms with Gasteiger partial charge in [0.1, 0.15) is 11.2 Å². The summed E-state index contributed by atoms with van der Waals surface area (Å²) in [5.74, 6) is 0. The second-order valence-corrected chi connectivity index (χ2v) is 12.4. The Morgan fingerprint density at radius 3 is 1.62 bits per heavy atom. The van der Waals surface area contributed by atoms with Crippen LogP contribution in [-0.2, 0) is 0 Å². The van der Waals surface area contributed by atoms with Crippen LogP contribution in [0.3, 0.4) is 0 Å². The highest BCUT2D eigenvalue weighted by molar-refractivity contribution is 6.26. The highest BCUT2D eigenvalue weighted by atomic mass is 16.3. The van der Waals surface area contributed by atoms with E-state index in [0.717, 1.165) is 21.9 Å². The lowest BCUT2D eigenvalue weighted by molar-refractivity contribution is 0.669. The molecule has 0 bridgehead atoms. The molecule has 0 aliphatic heterocycles. The van der Waals surface area contributed by atoms with Crippen molar-refractivity contribution in [1.29, 1.82) is 0 Å². The third kappa shape index (κ3) is 3.90. The molecule has 0 spiro atoms. The molecule has 0 fully saturated rings. The third-order valence-corrected chi connectivity index (χ3v) is 9.84. The van der Waals surface area contributed by atoms with Gasteiger partial charge in [-0.25, -0.2) is 0 Å². The van der Waals surface area contributed by atoms with Gasteiger partial charge in [-0.15, -0.1) is 0 Å². The molecule has 0 radical (unpaired) electrons. The summed E-state index contributed by atoms with van der Waals surface area (Å²) in [6.07, 6.45) is 0. The summed E-state index contributed by atoms with van der Waals surface area (Å²) < 4.78 is 6.58. The van der Waals surface area contributed by atoms with Crippen LogP contribution in [0.25, 0.3) is 98.4 Å². The predicted molar refractivity (Wildman–Crippen MR) is 200 cm³/mol. The molecule has 0 atom stereocenters. The van der Waals surface area contributed by atoms with Crippen LogP contribution < -0.4 is 0 Å². The van der Waals surface area contributed by atoms with Crippen molar-refractivity contribution in [2.24, 2.45) is 0 Å². The Labute approximate surface area is 271 Å². The van der Waals surface area contributed by atoms with Gasteiger partial charge in [-0.05, 0) is 101 Å². The quantitative estimate of drug-likeness (QED) is 0.146. The van der Waals surface area contributed by atoms with Gasteiger partial charge in [-0.1, -0.05) is 146 Å². The molecule has 1 heterocycles. The zero-order valence-corrected chi connectivity index (χ0v) is 25.6. The predicted octanol–water partition coefficient (Wildman–Crippen LogP) is 13.2. The minimum Gasteiger partial charge on any atom is -0.456 e. The Balaban J connectivity index is 1.30. The fraction of sp³-hybridized carbons (Fsp3) is 0. The normalized spacial score (nSPS) is 11.8. The number of furan rings is 1. The lowest BCUT2D eigenvalue weighted by Gasteiger charge is -2.18. The van der Waals surface area contributed by atoms with Gasteiger partial charge in [0.25, 0.3) is 0 Å². The number of rotatable bonds is 3. The second kappa shape index (κ2) is 10.2. The van der Waals surface area contributed by atoms with Crippen molar-refractivity contribution in [2.75, 3.05) is 0 Å². The van der Waals surface area contributed by atoms with Gasteiger partial charge in [-0.2, -0.15) is 0 Å². The zero-order chi connectivity index (χ0) is 30.9. The van der Waals surface area contributed by atoms with Crippen molar-refractivity contribution in [2.45, 2.75) is 0 Å². The van der Waals surface area contributed by atoms with Crippen molar-refractivity contribution in [3.8, 4) is 33.4 Å². The molecular formula is C46H28O. The minimum absolute atomic E-state index is 0.899. The molecule has 1 nitrogen and oxygen atoms in total. The van der Waals surface area contributed by atoms with E-state index in [2.05, 4.69) is 170 Å². The Hall–Kier alpha value is -6.18. The summed E-state index contributed by atoms with van der Waals surface area (Å²) in [5.41, 5.74) is 9.15. The molecule has 1 aromatic heterocycles. The lowest BCUT2D eigenvalue weighted by Crippen LogP contribution is -1.91. The highest BCUT2D eigenvalue weighted by Gasteiger charge is 2.20. The van der Waals surface area contributed by atoms with Crippen LogP contribution >= 0.6 is 0 Å². The molecule has 218 valence electrons. The first-order chi connectivity index (χ1) is 23.3. The SMILES string of the molecule is c1ccc(-c2c3ccccc3c(-c3cccc4oc5ccc(-c6cc7ccccc7c7ccccc67)cc5c34)c3ccccc23)cc1. The van der Waals surface area contributed by atoms with Crippen molar-refractivity contribution in [1.82, 2.24) is 0 Å². The van der Waals surface area contributed by atoms with Gasteiger partial charge in [0.05, 0.1) is 0 Å². The highest BCUT2D eigenvalue weighted by Crippen LogP contribution is 2.47. The summed E-state index contributed by atoms with van der Waals surface area (Å²) in [5, 5.41) is 12.3. The van der Waals surface area contributed by atoms with Crippen LogP contribution in [0.1, 0.15) is 0 Å². The van der Waals surface area contributed by atoms with Crippen LogP contribution in [0.15, 0.2) is 174 Å². The van der Waals surface area contributed by atoms with E-state index in [0.29, 0.717) is 0 Å². The second-order valence-electron chi connectivity index (χ2n) is 12.4. The Morgan fingerprint density at radius 1 is 0.298 bits per heavy atom. The molecular weight excluding hydrogens is 569 g/mol. The van der Waals surface area contributed by atoms with E-state index in [4.69, 9.17) is 4.42 Å². The minimum atomic E-state index is 0.899. The van der Waals surface area contributed by atoms with E-state index >= 15 is 0 Å². The molecule has 47 heavy (non-hydrogen) atoms. The van der Waals surface area contributed by atoms with Crippen molar-refractivity contribution in [3.63, 3.8) is 0 Å². The van der Waals surface area contributed by atoms with E-state index in [-0.39, 0.29) is 0 Å². The molecule has 9 aromatic carbocycles. The average molecular weight is 597 g/mol. The maximum Gasteiger partial charge on any atom is 0.136 e. The van der Waals surface area contributed by atoms with Gasteiger partial charge in [0.15, 0.2) is 0 Å². The number of benzene rings is 9. The van der Waals surface area contributed by atoms with Crippen LogP contribution in [-0.4, -0.2) is 0 Å². The van der Waals surface area contributed by atoms with Crippen LogP contribution in [0.4, 0.5) is 0 Å².